The molecule has 0 bridgehead atoms. The molecule has 21 heavy (non-hydrogen) atoms. The van der Waals surface area contributed by atoms with Crippen LogP contribution in [0.5, 0.6) is 0 Å². The molecule has 2 aromatic heterocycles. The number of rotatable bonds is 4. The van der Waals surface area contributed by atoms with Gasteiger partial charge in [-0.15, -0.1) is 0 Å². The molecule has 0 saturated carbocycles. The molecule has 1 N–H and O–H groups in total. The van der Waals surface area contributed by atoms with Crippen LogP contribution in [0.15, 0.2) is 23.7 Å². The Bertz CT molecular complexity index is 733. The molecule has 7 nitrogen and oxygen atoms in total. The summed E-state index contributed by atoms with van der Waals surface area (Å²) in [6, 6.07) is 6.01. The average molecular weight is 279 g/mol. The maximum Gasteiger partial charge on any atom is 0.140 e. The first-order valence-corrected chi connectivity index (χ1v) is 6.66. The van der Waals surface area contributed by atoms with Crippen LogP contribution >= 0.6 is 0 Å². The average Bonchev–Trinajstić information content (AvgIpc) is 3.15. The number of aromatic amines is 1. The van der Waals surface area contributed by atoms with Gasteiger partial charge < -0.3 is 4.98 Å². The summed E-state index contributed by atoms with van der Waals surface area (Å²) < 4.78 is 0. The summed E-state index contributed by atoms with van der Waals surface area (Å²) in [5.74, 6) is 0.0474. The van der Waals surface area contributed by atoms with Gasteiger partial charge in [0.05, 0.1) is 42.6 Å². The summed E-state index contributed by atoms with van der Waals surface area (Å²) in [7, 11) is 0. The predicted molar refractivity (Wildman–Crippen MR) is 76.1 cm³/mol. The first kappa shape index (κ1) is 13.1. The van der Waals surface area contributed by atoms with Gasteiger partial charge in [0.2, 0.25) is 0 Å². The van der Waals surface area contributed by atoms with E-state index in [0.717, 1.165) is 16.7 Å². The van der Waals surface area contributed by atoms with Crippen LogP contribution in [-0.4, -0.2) is 38.8 Å². The first-order valence-electron chi connectivity index (χ1n) is 6.66. The quantitative estimate of drug-likeness (QED) is 0.913. The van der Waals surface area contributed by atoms with Crippen LogP contribution in [0.2, 0.25) is 0 Å². The van der Waals surface area contributed by atoms with Crippen molar-refractivity contribution in [3.8, 4) is 12.1 Å². The minimum absolute atomic E-state index is 0.0474. The normalized spacial score (nSPS) is 17.3. The Morgan fingerprint density at radius 2 is 2.14 bits per heavy atom. The molecule has 1 aliphatic rings. The van der Waals surface area contributed by atoms with E-state index in [9.17, 15) is 0 Å². The molecule has 2 aromatic rings. The third kappa shape index (κ3) is 2.41. The molecule has 1 aliphatic heterocycles. The van der Waals surface area contributed by atoms with Gasteiger partial charge in [0, 0.05) is 24.3 Å². The third-order valence-electron chi connectivity index (χ3n) is 3.59. The van der Waals surface area contributed by atoms with Crippen LogP contribution in [0.25, 0.3) is 11.0 Å². The lowest BCUT2D eigenvalue weighted by Gasteiger charge is -2.23. The fraction of sp³-hybridized carbons (Fsp3) is 0.357. The Hall–Kier alpha value is -2.93. The smallest absolute Gasteiger partial charge is 0.140 e. The summed E-state index contributed by atoms with van der Waals surface area (Å²) in [5, 5.41) is 24.9. The van der Waals surface area contributed by atoms with Crippen molar-refractivity contribution < 1.29 is 0 Å². The number of H-pyrrole nitrogens is 1. The fourth-order valence-electron chi connectivity index (χ4n) is 2.54. The standard InChI is InChI=1S/C14H13N7/c15-4-1-11(2-5-16)21-8-10(7-20-21)13-12-3-6-17-14(12)19-9-18-13/h3,6-7,9-11H,1-2,8H2,(H,17,18,19). The second-order valence-corrected chi connectivity index (χ2v) is 4.87. The van der Waals surface area contributed by atoms with E-state index in [2.05, 4.69) is 32.2 Å². The first-order chi connectivity index (χ1) is 10.3. The number of nitrogens with one attached hydrogen (secondary N) is 1. The molecule has 3 heterocycles. The minimum atomic E-state index is -0.162. The van der Waals surface area contributed by atoms with Crippen LogP contribution in [0.1, 0.15) is 24.5 Å². The zero-order chi connectivity index (χ0) is 14.7. The van der Waals surface area contributed by atoms with E-state index in [1.54, 1.807) is 0 Å². The van der Waals surface area contributed by atoms with Crippen LogP contribution in [0, 0.1) is 22.7 Å². The molecular weight excluding hydrogens is 266 g/mol. The predicted octanol–water partition coefficient (Wildman–Crippen LogP) is 1.54. The zero-order valence-corrected chi connectivity index (χ0v) is 11.3. The number of nitriles is 2. The SMILES string of the molecule is N#CCC(CC#N)N1CC(c2ncnc3[nH]ccc23)C=N1. The van der Waals surface area contributed by atoms with Crippen molar-refractivity contribution in [2.75, 3.05) is 6.54 Å². The summed E-state index contributed by atoms with van der Waals surface area (Å²) in [6.45, 7) is 0.630. The van der Waals surface area contributed by atoms with Gasteiger partial charge in [-0.3, -0.25) is 5.01 Å². The molecule has 0 aliphatic carbocycles. The fourth-order valence-corrected chi connectivity index (χ4v) is 2.54. The monoisotopic (exact) mass is 279 g/mol. The summed E-state index contributed by atoms with van der Waals surface area (Å²) in [6.07, 6.45) is 5.78. The summed E-state index contributed by atoms with van der Waals surface area (Å²) >= 11 is 0. The molecule has 0 fully saturated rings. The molecule has 3 rings (SSSR count). The van der Waals surface area contributed by atoms with E-state index < -0.39 is 0 Å². The summed E-state index contributed by atoms with van der Waals surface area (Å²) in [4.78, 5) is 11.6. The van der Waals surface area contributed by atoms with Crippen molar-refractivity contribution >= 4 is 17.2 Å². The largest absolute Gasteiger partial charge is 0.346 e. The van der Waals surface area contributed by atoms with Gasteiger partial charge in [0.1, 0.15) is 12.0 Å². The molecule has 1 atom stereocenters. The molecule has 1 unspecified atom stereocenters. The number of aromatic nitrogens is 3. The van der Waals surface area contributed by atoms with Crippen LogP contribution in [0.4, 0.5) is 0 Å². The van der Waals surface area contributed by atoms with Gasteiger partial charge in [-0.2, -0.15) is 15.6 Å². The van der Waals surface area contributed by atoms with Gasteiger partial charge >= 0.3 is 0 Å². The second-order valence-electron chi connectivity index (χ2n) is 4.87. The number of hydrogen-bond acceptors (Lipinski definition) is 6. The number of hydrogen-bond donors (Lipinski definition) is 1. The van der Waals surface area contributed by atoms with Crippen molar-refractivity contribution in [1.29, 1.82) is 10.5 Å². The molecule has 0 aromatic carbocycles. The van der Waals surface area contributed by atoms with Crippen molar-refractivity contribution in [2.24, 2.45) is 5.10 Å². The number of fused-ring (bicyclic) bond motifs is 1. The van der Waals surface area contributed by atoms with E-state index in [4.69, 9.17) is 10.5 Å². The van der Waals surface area contributed by atoms with E-state index in [1.165, 1.54) is 6.33 Å². The van der Waals surface area contributed by atoms with Crippen LogP contribution < -0.4 is 0 Å². The molecule has 0 saturated heterocycles. The second kappa shape index (κ2) is 5.59. The Morgan fingerprint density at radius 1 is 1.33 bits per heavy atom. The summed E-state index contributed by atoms with van der Waals surface area (Å²) in [5.41, 5.74) is 1.72. The highest BCUT2D eigenvalue weighted by atomic mass is 15.5. The zero-order valence-electron chi connectivity index (χ0n) is 11.3. The molecule has 0 spiro atoms. The van der Waals surface area contributed by atoms with Crippen LogP contribution in [-0.2, 0) is 0 Å². The lowest BCUT2D eigenvalue weighted by molar-refractivity contribution is 0.225. The topological polar surface area (TPSA) is 105 Å². The lowest BCUT2D eigenvalue weighted by atomic mass is 10.0. The molecule has 7 heteroatoms. The van der Waals surface area contributed by atoms with Gasteiger partial charge in [0.15, 0.2) is 0 Å². The number of nitrogens with zero attached hydrogens (tertiary/aromatic N) is 6. The van der Waals surface area contributed by atoms with Gasteiger partial charge in [-0.25, -0.2) is 9.97 Å². The molecule has 104 valence electrons. The van der Waals surface area contributed by atoms with Crippen molar-refractivity contribution in [1.82, 2.24) is 20.0 Å². The van der Waals surface area contributed by atoms with Gasteiger partial charge in [0.25, 0.3) is 0 Å². The van der Waals surface area contributed by atoms with E-state index in [0.29, 0.717) is 19.4 Å². The van der Waals surface area contributed by atoms with Crippen LogP contribution in [0.3, 0.4) is 0 Å². The number of hydrazone groups is 1. The van der Waals surface area contributed by atoms with Gasteiger partial charge in [-0.1, -0.05) is 0 Å². The van der Waals surface area contributed by atoms with E-state index in [1.807, 2.05) is 23.5 Å². The minimum Gasteiger partial charge on any atom is -0.346 e. The maximum atomic E-state index is 8.86. The Labute approximate surface area is 121 Å². The Balaban J connectivity index is 1.82. The van der Waals surface area contributed by atoms with E-state index in [-0.39, 0.29) is 12.0 Å². The lowest BCUT2D eigenvalue weighted by Crippen LogP contribution is -2.30. The Kier molecular flexibility index (Phi) is 3.48. The van der Waals surface area contributed by atoms with E-state index >= 15 is 0 Å². The van der Waals surface area contributed by atoms with Crippen molar-refractivity contribution in [3.63, 3.8) is 0 Å². The molecule has 0 radical (unpaired) electrons. The highest BCUT2D eigenvalue weighted by Crippen LogP contribution is 2.26. The Morgan fingerprint density at radius 3 is 2.90 bits per heavy atom. The molecular formula is C14H13N7. The highest BCUT2D eigenvalue weighted by molar-refractivity contribution is 5.83. The van der Waals surface area contributed by atoms with Crippen molar-refractivity contribution in [2.45, 2.75) is 24.8 Å². The van der Waals surface area contributed by atoms with Gasteiger partial charge in [-0.05, 0) is 6.07 Å². The maximum absolute atomic E-state index is 8.86. The molecule has 0 amide bonds. The highest BCUT2D eigenvalue weighted by Gasteiger charge is 2.27. The third-order valence-corrected chi connectivity index (χ3v) is 3.59. The van der Waals surface area contributed by atoms with Crippen molar-refractivity contribution in [3.05, 3.63) is 24.3 Å².